The fourth-order valence-electron chi connectivity index (χ4n) is 1.09. The monoisotopic (exact) mass is 169 g/mol. The molecule has 0 atom stereocenters. The zero-order chi connectivity index (χ0) is 8.97. The molecule has 0 amide bonds. The van der Waals surface area contributed by atoms with Gasteiger partial charge in [0.1, 0.15) is 5.82 Å². The van der Waals surface area contributed by atoms with E-state index in [1.165, 1.54) is 6.07 Å². The highest BCUT2D eigenvalue weighted by molar-refractivity contribution is 5.27. The van der Waals surface area contributed by atoms with Gasteiger partial charge in [-0.05, 0) is 30.5 Å². The van der Waals surface area contributed by atoms with E-state index in [0.29, 0.717) is 18.6 Å². The highest BCUT2D eigenvalue weighted by atomic mass is 19.1. The first-order valence-corrected chi connectivity index (χ1v) is 3.81. The van der Waals surface area contributed by atoms with Crippen molar-refractivity contribution in [1.82, 2.24) is 0 Å². The highest BCUT2D eigenvalue weighted by Gasteiger charge is 2.01. The minimum absolute atomic E-state index is 0.176. The lowest BCUT2D eigenvalue weighted by molar-refractivity contribution is 0.141. The number of hydrogen-bond acceptors (Lipinski definition) is 2. The van der Waals surface area contributed by atoms with Crippen molar-refractivity contribution in [3.05, 3.63) is 35.1 Å². The van der Waals surface area contributed by atoms with Crippen molar-refractivity contribution >= 4 is 0 Å². The van der Waals surface area contributed by atoms with Gasteiger partial charge in [0.2, 0.25) is 0 Å². The summed E-state index contributed by atoms with van der Waals surface area (Å²) in [5, 5.41) is 0. The molecule has 1 aromatic carbocycles. The maximum Gasteiger partial charge on any atom is 0.126 e. The molecule has 0 unspecified atom stereocenters. The van der Waals surface area contributed by atoms with Gasteiger partial charge in [0.25, 0.3) is 0 Å². The molecule has 3 heteroatoms. The molecule has 0 radical (unpaired) electrons. The van der Waals surface area contributed by atoms with E-state index >= 15 is 0 Å². The Balaban J connectivity index is 2.78. The molecular formula is C9H12FNO. The van der Waals surface area contributed by atoms with E-state index in [-0.39, 0.29) is 5.82 Å². The Morgan fingerprint density at radius 2 is 2.25 bits per heavy atom. The van der Waals surface area contributed by atoms with Gasteiger partial charge in [-0.3, -0.25) is 0 Å². The number of hydrogen-bond donors (Lipinski definition) is 1. The first-order chi connectivity index (χ1) is 5.75. The first kappa shape index (κ1) is 9.16. The summed E-state index contributed by atoms with van der Waals surface area (Å²) < 4.78 is 12.9. The largest absolute Gasteiger partial charge is 0.304 e. The fourth-order valence-corrected chi connectivity index (χ4v) is 1.09. The molecule has 1 rings (SSSR count). The van der Waals surface area contributed by atoms with Gasteiger partial charge < -0.3 is 4.84 Å². The molecule has 2 N–H and O–H groups in total. The number of rotatable bonds is 3. The third-order valence-electron chi connectivity index (χ3n) is 1.87. The van der Waals surface area contributed by atoms with Gasteiger partial charge in [-0.1, -0.05) is 12.1 Å². The van der Waals surface area contributed by atoms with E-state index in [2.05, 4.69) is 4.84 Å². The van der Waals surface area contributed by atoms with Crippen LogP contribution < -0.4 is 5.90 Å². The van der Waals surface area contributed by atoms with Crippen molar-refractivity contribution in [2.24, 2.45) is 5.90 Å². The van der Waals surface area contributed by atoms with Crippen LogP contribution in [0.15, 0.2) is 18.2 Å². The van der Waals surface area contributed by atoms with E-state index in [1.807, 2.05) is 6.07 Å². The molecule has 0 saturated heterocycles. The zero-order valence-corrected chi connectivity index (χ0v) is 7.01. The summed E-state index contributed by atoms with van der Waals surface area (Å²) in [4.78, 5) is 4.42. The van der Waals surface area contributed by atoms with Gasteiger partial charge in [-0.2, -0.15) is 0 Å². The summed E-state index contributed by atoms with van der Waals surface area (Å²) in [5.41, 5.74) is 1.62. The lowest BCUT2D eigenvalue weighted by Gasteiger charge is -2.04. The van der Waals surface area contributed by atoms with Crippen LogP contribution in [0.25, 0.3) is 0 Å². The lowest BCUT2D eigenvalue weighted by atomic mass is 10.1. The molecule has 1 aromatic rings. The summed E-state index contributed by atoms with van der Waals surface area (Å²) in [7, 11) is 0. The summed E-state index contributed by atoms with van der Waals surface area (Å²) in [6.07, 6.45) is 0.653. The smallest absolute Gasteiger partial charge is 0.126 e. The maximum atomic E-state index is 12.9. The van der Waals surface area contributed by atoms with E-state index in [9.17, 15) is 4.39 Å². The van der Waals surface area contributed by atoms with Gasteiger partial charge in [0.15, 0.2) is 0 Å². The molecule has 0 aliphatic heterocycles. The predicted molar refractivity (Wildman–Crippen MR) is 45.0 cm³/mol. The van der Waals surface area contributed by atoms with Crippen LogP contribution in [0.1, 0.15) is 11.1 Å². The number of nitrogens with two attached hydrogens (primary N) is 1. The van der Waals surface area contributed by atoms with Crippen molar-refractivity contribution in [3.8, 4) is 0 Å². The molecule has 0 heterocycles. The van der Waals surface area contributed by atoms with Crippen LogP contribution in [0.4, 0.5) is 4.39 Å². The Morgan fingerprint density at radius 3 is 2.92 bits per heavy atom. The van der Waals surface area contributed by atoms with Crippen LogP contribution >= 0.6 is 0 Å². The SMILES string of the molecule is Cc1c(F)cccc1CCON. The van der Waals surface area contributed by atoms with Crippen LogP contribution in [0.3, 0.4) is 0 Å². The van der Waals surface area contributed by atoms with Crippen molar-refractivity contribution in [1.29, 1.82) is 0 Å². The summed E-state index contributed by atoms with van der Waals surface area (Å²) in [5.74, 6) is 4.69. The Labute approximate surface area is 71.1 Å². The minimum atomic E-state index is -0.176. The summed E-state index contributed by atoms with van der Waals surface area (Å²) >= 11 is 0. The molecule has 2 nitrogen and oxygen atoms in total. The topological polar surface area (TPSA) is 35.2 Å². The van der Waals surface area contributed by atoms with E-state index < -0.39 is 0 Å². The highest BCUT2D eigenvalue weighted by Crippen LogP contribution is 2.12. The summed E-state index contributed by atoms with van der Waals surface area (Å²) in [6, 6.07) is 5.01. The Hall–Kier alpha value is -0.930. The number of halogens is 1. The minimum Gasteiger partial charge on any atom is -0.304 e. The third kappa shape index (κ3) is 2.03. The molecule has 0 bridgehead atoms. The second kappa shape index (κ2) is 4.18. The molecule has 0 aliphatic rings. The normalized spacial score (nSPS) is 10.2. The van der Waals surface area contributed by atoms with Gasteiger partial charge in [-0.25, -0.2) is 10.3 Å². The Bertz CT molecular complexity index is 263. The molecule has 0 aliphatic carbocycles. The van der Waals surface area contributed by atoms with E-state index in [4.69, 9.17) is 5.90 Å². The molecule has 0 aromatic heterocycles. The quantitative estimate of drug-likeness (QED) is 0.697. The first-order valence-electron chi connectivity index (χ1n) is 3.81. The Morgan fingerprint density at radius 1 is 1.50 bits per heavy atom. The molecule has 12 heavy (non-hydrogen) atoms. The third-order valence-corrected chi connectivity index (χ3v) is 1.87. The predicted octanol–water partition coefficient (Wildman–Crippen LogP) is 1.57. The fraction of sp³-hybridized carbons (Fsp3) is 0.333. The standard InChI is InChI=1S/C9H12FNO/c1-7-8(5-6-12-11)3-2-4-9(7)10/h2-4H,5-6,11H2,1H3. The van der Waals surface area contributed by atoms with Gasteiger partial charge in [0, 0.05) is 0 Å². The average Bonchev–Trinajstić information content (AvgIpc) is 2.08. The molecule has 0 spiro atoms. The zero-order valence-electron chi connectivity index (χ0n) is 7.01. The van der Waals surface area contributed by atoms with Crippen LogP contribution in [-0.4, -0.2) is 6.61 Å². The van der Waals surface area contributed by atoms with Crippen LogP contribution in [-0.2, 0) is 11.3 Å². The molecule has 66 valence electrons. The van der Waals surface area contributed by atoms with Crippen molar-refractivity contribution < 1.29 is 9.23 Å². The molecular weight excluding hydrogens is 157 g/mol. The van der Waals surface area contributed by atoms with Crippen LogP contribution in [0.5, 0.6) is 0 Å². The van der Waals surface area contributed by atoms with Crippen molar-refractivity contribution in [2.75, 3.05) is 6.61 Å². The second-order valence-corrected chi connectivity index (χ2v) is 2.64. The van der Waals surface area contributed by atoms with Gasteiger partial charge in [-0.15, -0.1) is 0 Å². The van der Waals surface area contributed by atoms with Crippen LogP contribution in [0, 0.1) is 12.7 Å². The van der Waals surface area contributed by atoms with Crippen LogP contribution in [0.2, 0.25) is 0 Å². The maximum absolute atomic E-state index is 12.9. The Kier molecular flexibility index (Phi) is 3.19. The average molecular weight is 169 g/mol. The van der Waals surface area contributed by atoms with Gasteiger partial charge >= 0.3 is 0 Å². The second-order valence-electron chi connectivity index (χ2n) is 2.64. The molecule has 0 saturated carbocycles. The van der Waals surface area contributed by atoms with E-state index in [1.54, 1.807) is 13.0 Å². The van der Waals surface area contributed by atoms with Crippen molar-refractivity contribution in [3.63, 3.8) is 0 Å². The van der Waals surface area contributed by atoms with E-state index in [0.717, 1.165) is 5.56 Å². The molecule has 0 fully saturated rings. The summed E-state index contributed by atoms with van der Waals surface area (Å²) in [6.45, 7) is 2.17. The number of benzene rings is 1. The van der Waals surface area contributed by atoms with Gasteiger partial charge in [0.05, 0.1) is 6.61 Å². The lowest BCUT2D eigenvalue weighted by Crippen LogP contribution is -2.05. The van der Waals surface area contributed by atoms with Crippen molar-refractivity contribution in [2.45, 2.75) is 13.3 Å².